The molecule has 2 fully saturated rings. The van der Waals surface area contributed by atoms with E-state index >= 15 is 0 Å². The molecule has 2 aliphatic rings. The maximum Gasteiger partial charge on any atom is 0.245 e. The molecule has 21 heavy (non-hydrogen) atoms. The first-order valence-electron chi connectivity index (χ1n) is 8.56. The Hall–Kier alpha value is -1.06. The van der Waals surface area contributed by atoms with Gasteiger partial charge in [-0.15, -0.1) is 0 Å². The average Bonchev–Trinajstić information content (AvgIpc) is 2.80. The van der Waals surface area contributed by atoms with Crippen LogP contribution in [0.25, 0.3) is 0 Å². The molecular formula is C17H30N2O2. The third kappa shape index (κ3) is 3.41. The van der Waals surface area contributed by atoms with Crippen molar-refractivity contribution in [1.29, 1.82) is 0 Å². The van der Waals surface area contributed by atoms with Gasteiger partial charge in [0.05, 0.1) is 0 Å². The van der Waals surface area contributed by atoms with E-state index in [9.17, 15) is 9.59 Å². The highest BCUT2D eigenvalue weighted by Gasteiger charge is 2.43. The lowest BCUT2D eigenvalue weighted by molar-refractivity contribution is -0.152. The molecule has 4 unspecified atom stereocenters. The Kier molecular flexibility index (Phi) is 5.28. The normalized spacial score (nSPS) is 33.7. The van der Waals surface area contributed by atoms with Gasteiger partial charge in [0.25, 0.3) is 0 Å². The predicted octanol–water partition coefficient (Wildman–Crippen LogP) is 2.57. The summed E-state index contributed by atoms with van der Waals surface area (Å²) in [5.41, 5.74) is 0. The largest absolute Gasteiger partial charge is 0.342 e. The Bertz CT molecular complexity index is 394. The number of amides is 2. The number of rotatable bonds is 5. The Labute approximate surface area is 128 Å². The zero-order chi connectivity index (χ0) is 15.6. The van der Waals surface area contributed by atoms with Crippen LogP contribution in [0, 0.1) is 17.8 Å². The number of carbonyl (C=O) groups is 2. The van der Waals surface area contributed by atoms with Crippen molar-refractivity contribution >= 4 is 11.8 Å². The van der Waals surface area contributed by atoms with Crippen molar-refractivity contribution in [3.8, 4) is 0 Å². The van der Waals surface area contributed by atoms with Gasteiger partial charge in [0.15, 0.2) is 0 Å². The van der Waals surface area contributed by atoms with Crippen LogP contribution in [-0.4, -0.2) is 35.3 Å². The average molecular weight is 294 g/mol. The van der Waals surface area contributed by atoms with Gasteiger partial charge < -0.3 is 10.2 Å². The van der Waals surface area contributed by atoms with Crippen molar-refractivity contribution in [3.63, 3.8) is 0 Å². The summed E-state index contributed by atoms with van der Waals surface area (Å²) in [6.07, 6.45) is 5.35. The number of hydrogen-bond acceptors (Lipinski definition) is 2. The maximum atomic E-state index is 12.8. The first-order valence-corrected chi connectivity index (χ1v) is 8.56. The van der Waals surface area contributed by atoms with Crippen molar-refractivity contribution in [2.45, 2.75) is 71.9 Å². The molecule has 2 amide bonds. The lowest BCUT2D eigenvalue weighted by atomic mass is 9.91. The van der Waals surface area contributed by atoms with Crippen molar-refractivity contribution in [3.05, 3.63) is 0 Å². The van der Waals surface area contributed by atoms with E-state index in [4.69, 9.17) is 0 Å². The van der Waals surface area contributed by atoms with Crippen LogP contribution in [-0.2, 0) is 9.59 Å². The minimum absolute atomic E-state index is 0.0358. The smallest absolute Gasteiger partial charge is 0.245 e. The monoisotopic (exact) mass is 294 g/mol. The van der Waals surface area contributed by atoms with Gasteiger partial charge in [-0.2, -0.15) is 0 Å². The van der Waals surface area contributed by atoms with Crippen molar-refractivity contribution in [2.75, 3.05) is 6.54 Å². The van der Waals surface area contributed by atoms with Gasteiger partial charge in [-0.1, -0.05) is 47.0 Å². The third-order valence-corrected chi connectivity index (χ3v) is 5.18. The first-order chi connectivity index (χ1) is 9.95. The van der Waals surface area contributed by atoms with Crippen LogP contribution < -0.4 is 5.32 Å². The van der Waals surface area contributed by atoms with Crippen molar-refractivity contribution < 1.29 is 9.59 Å². The van der Waals surface area contributed by atoms with Crippen LogP contribution in [0.3, 0.4) is 0 Å². The van der Waals surface area contributed by atoms with E-state index in [0.29, 0.717) is 11.8 Å². The molecule has 1 aliphatic heterocycles. The van der Waals surface area contributed by atoms with Gasteiger partial charge in [0.2, 0.25) is 11.8 Å². The van der Waals surface area contributed by atoms with Crippen LogP contribution in [0.5, 0.6) is 0 Å². The van der Waals surface area contributed by atoms with Gasteiger partial charge in [-0.3, -0.25) is 9.59 Å². The molecule has 2 rings (SSSR count). The number of carbonyl (C=O) groups excluding carboxylic acids is 2. The summed E-state index contributed by atoms with van der Waals surface area (Å²) in [5.74, 6) is 1.56. The Morgan fingerprint density at radius 3 is 2.52 bits per heavy atom. The van der Waals surface area contributed by atoms with E-state index < -0.39 is 0 Å². The van der Waals surface area contributed by atoms with E-state index in [1.165, 1.54) is 19.3 Å². The summed E-state index contributed by atoms with van der Waals surface area (Å²) in [4.78, 5) is 27.1. The van der Waals surface area contributed by atoms with Crippen LogP contribution in [0.2, 0.25) is 0 Å². The second-order valence-corrected chi connectivity index (χ2v) is 7.20. The molecule has 4 nitrogen and oxygen atoms in total. The zero-order valence-electron chi connectivity index (χ0n) is 13.9. The topological polar surface area (TPSA) is 49.4 Å². The molecular weight excluding hydrogens is 264 g/mol. The van der Waals surface area contributed by atoms with E-state index in [1.807, 2.05) is 18.7 Å². The molecule has 1 aliphatic carbocycles. The number of hydrogen-bond donors (Lipinski definition) is 1. The molecule has 1 N–H and O–H groups in total. The summed E-state index contributed by atoms with van der Waals surface area (Å²) >= 11 is 0. The van der Waals surface area contributed by atoms with Gasteiger partial charge in [-0.05, 0) is 30.6 Å². The Balaban J connectivity index is 2.17. The molecule has 1 heterocycles. The number of nitrogens with one attached hydrogen (secondary N) is 1. The number of nitrogens with zero attached hydrogens (tertiary/aromatic N) is 1. The van der Waals surface area contributed by atoms with E-state index in [0.717, 1.165) is 19.4 Å². The molecule has 1 saturated heterocycles. The molecule has 0 bridgehead atoms. The predicted molar refractivity (Wildman–Crippen MR) is 83.7 cm³/mol. The third-order valence-electron chi connectivity index (χ3n) is 5.18. The van der Waals surface area contributed by atoms with Gasteiger partial charge in [0, 0.05) is 6.54 Å². The van der Waals surface area contributed by atoms with E-state index in [2.05, 4.69) is 19.2 Å². The zero-order valence-corrected chi connectivity index (χ0v) is 13.9. The highest BCUT2D eigenvalue weighted by Crippen LogP contribution is 2.33. The Morgan fingerprint density at radius 1 is 1.29 bits per heavy atom. The lowest BCUT2D eigenvalue weighted by Gasteiger charge is -2.42. The van der Waals surface area contributed by atoms with E-state index in [-0.39, 0.29) is 29.8 Å². The number of piperazine rings is 1. The highest BCUT2D eigenvalue weighted by molar-refractivity contribution is 5.97. The summed E-state index contributed by atoms with van der Waals surface area (Å²) in [6, 6.07) is -0.604. The maximum absolute atomic E-state index is 12.8. The minimum atomic E-state index is -0.311. The quantitative estimate of drug-likeness (QED) is 0.847. The van der Waals surface area contributed by atoms with Crippen LogP contribution in [0.4, 0.5) is 0 Å². The van der Waals surface area contributed by atoms with Gasteiger partial charge in [-0.25, -0.2) is 0 Å². The van der Waals surface area contributed by atoms with Gasteiger partial charge >= 0.3 is 0 Å². The SMILES string of the molecule is CCCC1NC(=O)C(C(C)C)N(CC2CCCC2C)C1=O. The van der Waals surface area contributed by atoms with Crippen LogP contribution >= 0.6 is 0 Å². The molecule has 4 heteroatoms. The Morgan fingerprint density at radius 2 is 2.00 bits per heavy atom. The summed E-state index contributed by atoms with van der Waals surface area (Å²) < 4.78 is 0. The second-order valence-electron chi connectivity index (χ2n) is 7.20. The fraction of sp³-hybridized carbons (Fsp3) is 0.882. The fourth-order valence-electron chi connectivity index (χ4n) is 3.89. The molecule has 0 aromatic carbocycles. The van der Waals surface area contributed by atoms with Crippen LogP contribution in [0.15, 0.2) is 0 Å². The molecule has 4 atom stereocenters. The lowest BCUT2D eigenvalue weighted by Crippen LogP contribution is -2.65. The second kappa shape index (κ2) is 6.80. The molecule has 120 valence electrons. The molecule has 0 aromatic rings. The van der Waals surface area contributed by atoms with Gasteiger partial charge in [0.1, 0.15) is 12.1 Å². The summed E-state index contributed by atoms with van der Waals surface area (Å²) in [6.45, 7) is 9.15. The van der Waals surface area contributed by atoms with Crippen molar-refractivity contribution in [2.24, 2.45) is 17.8 Å². The molecule has 0 aromatic heterocycles. The molecule has 0 spiro atoms. The standard InChI is InChI=1S/C17H30N2O2/c1-5-7-14-17(21)19(10-13-9-6-8-12(13)4)15(11(2)3)16(20)18-14/h11-15H,5-10H2,1-4H3,(H,18,20). The molecule has 0 radical (unpaired) electrons. The van der Waals surface area contributed by atoms with Crippen molar-refractivity contribution in [1.82, 2.24) is 10.2 Å². The highest BCUT2D eigenvalue weighted by atomic mass is 16.2. The summed E-state index contributed by atoms with van der Waals surface area (Å²) in [7, 11) is 0. The minimum Gasteiger partial charge on any atom is -0.342 e. The van der Waals surface area contributed by atoms with E-state index in [1.54, 1.807) is 0 Å². The van der Waals surface area contributed by atoms with Crippen LogP contribution in [0.1, 0.15) is 59.8 Å². The first kappa shape index (κ1) is 16.3. The summed E-state index contributed by atoms with van der Waals surface area (Å²) in [5, 5.41) is 2.93. The fourth-order valence-corrected chi connectivity index (χ4v) is 3.89. The molecule has 1 saturated carbocycles.